The second kappa shape index (κ2) is 9.78. The molecule has 0 aromatic carbocycles. The van der Waals surface area contributed by atoms with Crippen LogP contribution < -0.4 is 11.1 Å². The van der Waals surface area contributed by atoms with E-state index >= 15 is 0 Å². The van der Waals surface area contributed by atoms with E-state index in [1.54, 1.807) is 17.8 Å². The first kappa shape index (κ1) is 21.8. The Balaban J connectivity index is 0.000000225. The summed E-state index contributed by atoms with van der Waals surface area (Å²) >= 11 is 0. The Morgan fingerprint density at radius 1 is 1.25 bits per heavy atom. The Morgan fingerprint density at radius 2 is 1.97 bits per heavy atom. The molecule has 0 saturated heterocycles. The lowest BCUT2D eigenvalue weighted by atomic mass is 9.97. The Hall–Kier alpha value is -3.46. The molecule has 4 aromatic rings. The lowest BCUT2D eigenvalue weighted by Crippen LogP contribution is -2.15. The summed E-state index contributed by atoms with van der Waals surface area (Å²) in [5.41, 5.74) is 8.47. The van der Waals surface area contributed by atoms with E-state index in [0.29, 0.717) is 17.2 Å². The smallest absolute Gasteiger partial charge is 0.254 e. The van der Waals surface area contributed by atoms with Crippen LogP contribution in [0, 0.1) is 0 Å². The van der Waals surface area contributed by atoms with Gasteiger partial charge in [0.05, 0.1) is 18.0 Å². The van der Waals surface area contributed by atoms with E-state index in [1.165, 1.54) is 38.3 Å². The van der Waals surface area contributed by atoms with Crippen LogP contribution in [-0.4, -0.2) is 48.7 Å². The van der Waals surface area contributed by atoms with Crippen LogP contribution in [0.4, 0.5) is 5.82 Å². The molecule has 0 aliphatic heterocycles. The number of nitrogens with two attached hydrogens (primary N) is 1. The SMILES string of the molecule is C1CCC1.CNc1cc(-c2c[nH]c3ncccc23)nc2c(C(N)=O)cnn12.OC1CCC1. The van der Waals surface area contributed by atoms with Gasteiger partial charge in [-0.05, 0) is 31.4 Å². The number of amides is 1. The van der Waals surface area contributed by atoms with Gasteiger partial charge in [0.15, 0.2) is 5.65 Å². The van der Waals surface area contributed by atoms with Gasteiger partial charge >= 0.3 is 0 Å². The zero-order chi connectivity index (χ0) is 22.5. The van der Waals surface area contributed by atoms with Crippen LogP contribution >= 0.6 is 0 Å². The van der Waals surface area contributed by atoms with E-state index in [0.717, 1.165) is 29.4 Å². The largest absolute Gasteiger partial charge is 0.393 e. The van der Waals surface area contributed by atoms with Crippen molar-refractivity contribution < 1.29 is 9.90 Å². The first-order valence-electron chi connectivity index (χ1n) is 11.1. The van der Waals surface area contributed by atoms with Gasteiger partial charge in [-0.3, -0.25) is 4.79 Å². The van der Waals surface area contributed by atoms with E-state index in [-0.39, 0.29) is 11.7 Å². The fourth-order valence-electron chi connectivity index (χ4n) is 3.26. The van der Waals surface area contributed by atoms with Gasteiger partial charge in [-0.2, -0.15) is 9.61 Å². The van der Waals surface area contributed by atoms with Crippen molar-refractivity contribution in [2.24, 2.45) is 5.73 Å². The van der Waals surface area contributed by atoms with E-state index < -0.39 is 5.91 Å². The number of hydrogen-bond acceptors (Lipinski definition) is 6. The highest BCUT2D eigenvalue weighted by Crippen LogP contribution is 2.29. The third-order valence-electron chi connectivity index (χ3n) is 5.80. The predicted octanol–water partition coefficient (Wildman–Crippen LogP) is 3.50. The van der Waals surface area contributed by atoms with Crippen LogP contribution in [0.3, 0.4) is 0 Å². The molecule has 2 fully saturated rings. The lowest BCUT2D eigenvalue weighted by Gasteiger charge is -2.17. The van der Waals surface area contributed by atoms with Gasteiger partial charge in [0.1, 0.15) is 17.0 Å². The van der Waals surface area contributed by atoms with Gasteiger partial charge in [-0.25, -0.2) is 9.97 Å². The minimum atomic E-state index is -0.563. The zero-order valence-electron chi connectivity index (χ0n) is 18.2. The summed E-state index contributed by atoms with van der Waals surface area (Å²) in [5, 5.41) is 16.6. The third kappa shape index (κ3) is 4.57. The molecular formula is C23H29N7O2. The van der Waals surface area contributed by atoms with Gasteiger partial charge in [0.25, 0.3) is 5.91 Å². The number of nitrogens with zero attached hydrogens (tertiary/aromatic N) is 4. The van der Waals surface area contributed by atoms with Gasteiger partial charge in [-0.15, -0.1) is 0 Å². The average Bonchev–Trinajstić information content (AvgIpc) is 3.35. The zero-order valence-corrected chi connectivity index (χ0v) is 18.2. The number of fused-ring (bicyclic) bond motifs is 2. The molecule has 2 saturated carbocycles. The van der Waals surface area contributed by atoms with Crippen LogP contribution in [-0.2, 0) is 0 Å². The van der Waals surface area contributed by atoms with Gasteiger partial charge in [0.2, 0.25) is 0 Å². The number of pyridine rings is 1. The Kier molecular flexibility index (Phi) is 6.65. The molecule has 4 aromatic heterocycles. The summed E-state index contributed by atoms with van der Waals surface area (Å²) in [7, 11) is 1.78. The summed E-state index contributed by atoms with van der Waals surface area (Å²) in [4.78, 5) is 23.5. The molecule has 6 rings (SSSR count). The van der Waals surface area contributed by atoms with Crippen molar-refractivity contribution in [3.05, 3.63) is 42.4 Å². The molecule has 0 bridgehead atoms. The molecule has 9 nitrogen and oxygen atoms in total. The molecule has 4 heterocycles. The molecule has 0 radical (unpaired) electrons. The first-order valence-corrected chi connectivity index (χ1v) is 11.1. The highest BCUT2D eigenvalue weighted by molar-refractivity contribution is 5.99. The number of aliphatic hydroxyl groups excluding tert-OH is 1. The monoisotopic (exact) mass is 435 g/mol. The highest BCUT2D eigenvalue weighted by atomic mass is 16.3. The summed E-state index contributed by atoms with van der Waals surface area (Å²) in [5.74, 6) is 0.142. The second-order valence-corrected chi connectivity index (χ2v) is 8.04. The van der Waals surface area contributed by atoms with Crippen molar-refractivity contribution >= 4 is 28.4 Å². The van der Waals surface area contributed by atoms with Crippen LogP contribution in [0.1, 0.15) is 55.3 Å². The standard InChI is InChI=1S/C15H13N7O.C4H8O.C4H8/c1-17-12-5-11(9-6-19-14-8(9)3-2-4-18-14)21-15-10(13(16)23)7-20-22(12)15;5-4-2-1-3-4;1-2-4-3-1/h2-7,17H,1H3,(H2,16,23)(H,18,19);4-5H,1-3H2;1-4H2. The third-order valence-corrected chi connectivity index (χ3v) is 5.80. The quantitative estimate of drug-likeness (QED) is 0.389. The number of nitrogens with one attached hydrogen (secondary N) is 2. The van der Waals surface area contributed by atoms with Crippen LogP contribution in [0.15, 0.2) is 36.8 Å². The minimum absolute atomic E-state index is 0.0648. The number of H-pyrrole nitrogens is 1. The van der Waals surface area contributed by atoms with Crippen LogP contribution in [0.5, 0.6) is 0 Å². The van der Waals surface area contributed by atoms with Crippen LogP contribution in [0.2, 0.25) is 0 Å². The molecule has 9 heteroatoms. The maximum Gasteiger partial charge on any atom is 0.254 e. The molecule has 2 aliphatic carbocycles. The van der Waals surface area contributed by atoms with Gasteiger partial charge in [0, 0.05) is 36.5 Å². The summed E-state index contributed by atoms with van der Waals surface area (Å²) < 4.78 is 1.55. The fourth-order valence-corrected chi connectivity index (χ4v) is 3.26. The number of carbonyl (C=O) groups is 1. The van der Waals surface area contributed by atoms with E-state index in [2.05, 4.69) is 25.4 Å². The molecule has 32 heavy (non-hydrogen) atoms. The van der Waals surface area contributed by atoms with Crippen molar-refractivity contribution in [3.8, 4) is 11.3 Å². The number of anilines is 1. The second-order valence-electron chi connectivity index (χ2n) is 8.04. The number of carbonyl (C=O) groups excluding carboxylic acids is 1. The lowest BCUT2D eigenvalue weighted by molar-refractivity contribution is 0.0949. The molecule has 0 spiro atoms. The van der Waals surface area contributed by atoms with E-state index in [4.69, 9.17) is 10.8 Å². The number of aromatic amines is 1. The highest BCUT2D eigenvalue weighted by Gasteiger charge is 2.17. The number of aliphatic hydroxyl groups is 1. The topological polar surface area (TPSA) is 134 Å². The van der Waals surface area contributed by atoms with Crippen LogP contribution in [0.25, 0.3) is 27.9 Å². The Morgan fingerprint density at radius 3 is 2.53 bits per heavy atom. The number of hydrogen-bond donors (Lipinski definition) is 4. The first-order chi connectivity index (χ1) is 15.6. The number of aromatic nitrogens is 5. The molecule has 0 atom stereocenters. The Bertz CT molecular complexity index is 1200. The molecule has 2 aliphatic rings. The molecular weight excluding hydrogens is 406 g/mol. The average molecular weight is 436 g/mol. The van der Waals surface area contributed by atoms with Crippen molar-refractivity contribution in [1.29, 1.82) is 0 Å². The number of rotatable bonds is 3. The predicted molar refractivity (Wildman–Crippen MR) is 124 cm³/mol. The number of primary amides is 1. The van der Waals surface area contributed by atoms with Crippen molar-refractivity contribution in [2.45, 2.75) is 51.0 Å². The summed E-state index contributed by atoms with van der Waals surface area (Å²) in [6, 6.07) is 5.69. The summed E-state index contributed by atoms with van der Waals surface area (Å²) in [6.45, 7) is 0. The maximum absolute atomic E-state index is 11.6. The molecule has 168 valence electrons. The normalized spacial score (nSPS) is 15.1. The molecule has 5 N–H and O–H groups in total. The Labute approximate surface area is 186 Å². The van der Waals surface area contributed by atoms with Crippen molar-refractivity contribution in [3.63, 3.8) is 0 Å². The van der Waals surface area contributed by atoms with Crippen molar-refractivity contribution in [2.75, 3.05) is 12.4 Å². The van der Waals surface area contributed by atoms with Gasteiger partial charge < -0.3 is 21.1 Å². The maximum atomic E-state index is 11.6. The van der Waals surface area contributed by atoms with Gasteiger partial charge in [-0.1, -0.05) is 25.7 Å². The molecule has 1 amide bonds. The fraction of sp³-hybridized carbons (Fsp3) is 0.391. The van der Waals surface area contributed by atoms with E-state index in [1.807, 2.05) is 24.4 Å². The minimum Gasteiger partial charge on any atom is -0.393 e. The van der Waals surface area contributed by atoms with Crippen molar-refractivity contribution in [1.82, 2.24) is 24.6 Å². The summed E-state index contributed by atoms with van der Waals surface area (Å²) in [6.07, 6.45) is 14.4. The van der Waals surface area contributed by atoms with E-state index in [9.17, 15) is 4.79 Å². The molecule has 0 unspecified atom stereocenters.